The van der Waals surface area contributed by atoms with E-state index < -0.39 is 23.5 Å². The van der Waals surface area contributed by atoms with E-state index in [2.05, 4.69) is 0 Å². The number of hydrogen-bond donors (Lipinski definition) is 0. The number of halogens is 4. The summed E-state index contributed by atoms with van der Waals surface area (Å²) >= 11 is 0. The molecule has 0 saturated heterocycles. The Morgan fingerprint density at radius 1 is 1.12 bits per heavy atom. The molecule has 0 aromatic heterocycles. The summed E-state index contributed by atoms with van der Waals surface area (Å²) in [6.07, 6.45) is -4.85. The van der Waals surface area contributed by atoms with Gasteiger partial charge in [-0.1, -0.05) is 17.7 Å². The van der Waals surface area contributed by atoms with E-state index in [1.807, 2.05) is 19.1 Å². The number of alkyl halides is 3. The predicted octanol–water partition coefficient (Wildman–Crippen LogP) is 4.30. The molecule has 2 aromatic rings. The number of carbonyl (C=O) groups excluding carboxylic acids is 1. The first-order chi connectivity index (χ1) is 11.7. The van der Waals surface area contributed by atoms with Crippen molar-refractivity contribution in [2.24, 2.45) is 0 Å². The monoisotopic (exact) mass is 355 g/mol. The van der Waals surface area contributed by atoms with Crippen LogP contribution in [-0.4, -0.2) is 31.0 Å². The molecular formula is C18H17F4NO2. The lowest BCUT2D eigenvalue weighted by molar-refractivity contribution is -0.140. The maximum absolute atomic E-state index is 13.3. The normalized spacial score (nSPS) is 11.3. The molecule has 0 radical (unpaired) electrons. The number of amides is 1. The number of rotatable bonds is 5. The van der Waals surface area contributed by atoms with Gasteiger partial charge in [-0.2, -0.15) is 13.2 Å². The topological polar surface area (TPSA) is 29.5 Å². The Hall–Kier alpha value is -2.57. The van der Waals surface area contributed by atoms with Gasteiger partial charge in [0.15, 0.2) is 0 Å². The first-order valence-electron chi connectivity index (χ1n) is 7.50. The van der Waals surface area contributed by atoms with E-state index in [1.165, 1.54) is 11.9 Å². The quantitative estimate of drug-likeness (QED) is 0.749. The minimum atomic E-state index is -4.85. The Morgan fingerprint density at radius 3 is 2.36 bits per heavy atom. The predicted molar refractivity (Wildman–Crippen MR) is 85.0 cm³/mol. The number of hydrogen-bond acceptors (Lipinski definition) is 2. The van der Waals surface area contributed by atoms with Gasteiger partial charge in [-0.25, -0.2) is 4.39 Å². The summed E-state index contributed by atoms with van der Waals surface area (Å²) in [6.45, 7) is 2.29. The van der Waals surface area contributed by atoms with Crippen LogP contribution >= 0.6 is 0 Å². The van der Waals surface area contributed by atoms with E-state index in [9.17, 15) is 22.4 Å². The van der Waals surface area contributed by atoms with Gasteiger partial charge in [-0.05, 0) is 37.3 Å². The first-order valence-corrected chi connectivity index (χ1v) is 7.50. The van der Waals surface area contributed by atoms with Crippen LogP contribution in [0.1, 0.15) is 21.5 Å². The van der Waals surface area contributed by atoms with Gasteiger partial charge in [-0.15, -0.1) is 0 Å². The third-order valence-corrected chi connectivity index (χ3v) is 3.58. The zero-order valence-corrected chi connectivity index (χ0v) is 13.7. The van der Waals surface area contributed by atoms with Crippen molar-refractivity contribution < 1.29 is 27.1 Å². The van der Waals surface area contributed by atoms with Crippen molar-refractivity contribution in [2.75, 3.05) is 20.2 Å². The molecule has 25 heavy (non-hydrogen) atoms. The summed E-state index contributed by atoms with van der Waals surface area (Å²) in [5.41, 5.74) is -0.606. The molecule has 134 valence electrons. The second-order valence-electron chi connectivity index (χ2n) is 5.58. The summed E-state index contributed by atoms with van der Waals surface area (Å²) in [4.78, 5) is 13.4. The van der Waals surface area contributed by atoms with Gasteiger partial charge >= 0.3 is 6.18 Å². The minimum Gasteiger partial charge on any atom is -0.492 e. The zero-order chi connectivity index (χ0) is 18.6. The van der Waals surface area contributed by atoms with Gasteiger partial charge in [0.2, 0.25) is 0 Å². The molecule has 0 fully saturated rings. The number of likely N-dealkylation sites (N-methyl/N-ethyl adjacent to an activating group) is 1. The van der Waals surface area contributed by atoms with Crippen molar-refractivity contribution in [1.82, 2.24) is 4.90 Å². The number of ether oxygens (including phenoxy) is 1. The summed E-state index contributed by atoms with van der Waals surface area (Å²) in [7, 11) is 1.44. The van der Waals surface area contributed by atoms with Gasteiger partial charge in [0.05, 0.1) is 12.1 Å². The number of benzene rings is 2. The van der Waals surface area contributed by atoms with Crippen LogP contribution < -0.4 is 4.74 Å². The van der Waals surface area contributed by atoms with E-state index >= 15 is 0 Å². The van der Waals surface area contributed by atoms with E-state index in [-0.39, 0.29) is 18.7 Å². The van der Waals surface area contributed by atoms with Crippen molar-refractivity contribution in [3.05, 3.63) is 65.0 Å². The highest BCUT2D eigenvalue weighted by Gasteiger charge is 2.34. The lowest BCUT2D eigenvalue weighted by Crippen LogP contribution is -2.31. The standard InChI is InChI=1S/C18H17F4NO2/c1-12-3-6-14(7-4-12)25-10-9-23(2)17(24)13-5-8-16(19)15(11-13)18(20,21)22/h3-8,11H,9-10H2,1-2H3. The highest BCUT2D eigenvalue weighted by Crippen LogP contribution is 2.32. The van der Waals surface area contributed by atoms with Gasteiger partial charge in [0.25, 0.3) is 5.91 Å². The fraction of sp³-hybridized carbons (Fsp3) is 0.278. The fourth-order valence-corrected chi connectivity index (χ4v) is 2.13. The Bertz CT molecular complexity index is 742. The highest BCUT2D eigenvalue weighted by molar-refractivity contribution is 5.94. The Labute approximate surface area is 142 Å². The van der Waals surface area contributed by atoms with Crippen LogP contribution in [-0.2, 0) is 6.18 Å². The molecule has 0 bridgehead atoms. The summed E-state index contributed by atoms with van der Waals surface area (Å²) in [5, 5.41) is 0. The molecule has 0 aliphatic carbocycles. The Morgan fingerprint density at radius 2 is 1.76 bits per heavy atom. The smallest absolute Gasteiger partial charge is 0.419 e. The summed E-state index contributed by atoms with van der Waals surface area (Å²) in [5.74, 6) is -1.42. The molecule has 0 aliphatic heterocycles. The fourth-order valence-electron chi connectivity index (χ4n) is 2.13. The van der Waals surface area contributed by atoms with Crippen molar-refractivity contribution in [3.63, 3.8) is 0 Å². The minimum absolute atomic E-state index is 0.172. The maximum Gasteiger partial charge on any atom is 0.419 e. The van der Waals surface area contributed by atoms with Crippen molar-refractivity contribution in [2.45, 2.75) is 13.1 Å². The van der Waals surface area contributed by atoms with Crippen molar-refractivity contribution in [3.8, 4) is 5.75 Å². The second kappa shape index (κ2) is 7.55. The van der Waals surface area contributed by atoms with Crippen LogP contribution in [0.4, 0.5) is 17.6 Å². The largest absolute Gasteiger partial charge is 0.492 e. The zero-order valence-electron chi connectivity index (χ0n) is 13.7. The molecule has 0 aliphatic rings. The molecule has 1 amide bonds. The molecule has 0 heterocycles. The van der Waals surface area contributed by atoms with E-state index in [4.69, 9.17) is 4.74 Å². The molecular weight excluding hydrogens is 338 g/mol. The molecule has 0 atom stereocenters. The van der Waals surface area contributed by atoms with Gasteiger partial charge in [0.1, 0.15) is 18.2 Å². The van der Waals surface area contributed by atoms with Crippen LogP contribution in [0.3, 0.4) is 0 Å². The van der Waals surface area contributed by atoms with Crippen LogP contribution in [0.5, 0.6) is 5.75 Å². The Kier molecular flexibility index (Phi) is 5.66. The SMILES string of the molecule is Cc1ccc(OCCN(C)C(=O)c2ccc(F)c(C(F)(F)F)c2)cc1. The van der Waals surface area contributed by atoms with Crippen LogP contribution in [0.2, 0.25) is 0 Å². The number of nitrogens with zero attached hydrogens (tertiary/aromatic N) is 1. The molecule has 3 nitrogen and oxygen atoms in total. The average molecular weight is 355 g/mol. The molecule has 2 rings (SSSR count). The molecule has 2 aromatic carbocycles. The third-order valence-electron chi connectivity index (χ3n) is 3.58. The Balaban J connectivity index is 1.99. The van der Waals surface area contributed by atoms with Crippen molar-refractivity contribution in [1.29, 1.82) is 0 Å². The van der Waals surface area contributed by atoms with Crippen LogP contribution in [0.15, 0.2) is 42.5 Å². The molecule has 0 N–H and O–H groups in total. The lowest BCUT2D eigenvalue weighted by atomic mass is 10.1. The average Bonchev–Trinajstić information content (AvgIpc) is 2.55. The van der Waals surface area contributed by atoms with Gasteiger partial charge in [-0.3, -0.25) is 4.79 Å². The van der Waals surface area contributed by atoms with Crippen molar-refractivity contribution >= 4 is 5.91 Å². The van der Waals surface area contributed by atoms with Crippen LogP contribution in [0, 0.1) is 12.7 Å². The molecule has 0 spiro atoms. The van der Waals surface area contributed by atoms with Gasteiger partial charge < -0.3 is 9.64 Å². The van der Waals surface area contributed by atoms with Gasteiger partial charge in [0, 0.05) is 12.6 Å². The van der Waals surface area contributed by atoms with Crippen LogP contribution in [0.25, 0.3) is 0 Å². The van der Waals surface area contributed by atoms with E-state index in [0.717, 1.165) is 11.6 Å². The van der Waals surface area contributed by atoms with E-state index in [0.29, 0.717) is 17.9 Å². The highest BCUT2D eigenvalue weighted by atomic mass is 19.4. The second-order valence-corrected chi connectivity index (χ2v) is 5.58. The molecule has 0 unspecified atom stereocenters. The summed E-state index contributed by atoms with van der Waals surface area (Å²) in [6, 6.07) is 9.52. The number of aryl methyl sites for hydroxylation is 1. The lowest BCUT2D eigenvalue weighted by Gasteiger charge is -2.18. The maximum atomic E-state index is 13.3. The third kappa shape index (κ3) is 4.95. The van der Waals surface area contributed by atoms with E-state index in [1.54, 1.807) is 12.1 Å². The first kappa shape index (κ1) is 18.8. The summed E-state index contributed by atoms with van der Waals surface area (Å²) < 4.78 is 56.9. The molecule has 0 saturated carbocycles. The molecule has 7 heteroatoms. The number of carbonyl (C=O) groups is 1.